The van der Waals surface area contributed by atoms with Gasteiger partial charge < -0.3 is 18.6 Å². The Labute approximate surface area is 125 Å². The average molecular weight is 307 g/mol. The minimum Gasteiger partial charge on any atom is -0.496 e. The molecule has 0 saturated heterocycles. The molecule has 0 atom stereocenters. The zero-order chi connectivity index (χ0) is 16.1. The van der Waals surface area contributed by atoms with E-state index in [4.69, 9.17) is 13.9 Å². The van der Waals surface area contributed by atoms with Gasteiger partial charge in [-0.25, -0.2) is 4.79 Å². The Morgan fingerprint density at radius 3 is 2.73 bits per heavy atom. The number of nitro groups is 1. The van der Waals surface area contributed by atoms with Gasteiger partial charge in [-0.1, -0.05) is 0 Å². The fourth-order valence-electron chi connectivity index (χ4n) is 1.77. The van der Waals surface area contributed by atoms with Gasteiger partial charge in [0.05, 0.1) is 31.5 Å². The highest BCUT2D eigenvalue weighted by molar-refractivity contribution is 5.87. The Hall–Kier alpha value is -3.03. The van der Waals surface area contributed by atoms with Crippen molar-refractivity contribution >= 4 is 11.7 Å². The van der Waals surface area contributed by atoms with Crippen LogP contribution in [0.15, 0.2) is 34.9 Å². The number of methoxy groups -OCH3 is 2. The summed E-state index contributed by atoms with van der Waals surface area (Å²) < 4.78 is 19.9. The summed E-state index contributed by atoms with van der Waals surface area (Å²) in [5, 5.41) is 11.1. The van der Waals surface area contributed by atoms with E-state index in [2.05, 4.69) is 4.74 Å². The summed E-state index contributed by atoms with van der Waals surface area (Å²) in [5.74, 6) is -0.244. The summed E-state index contributed by atoms with van der Waals surface area (Å²) in [6.07, 6.45) is 1.31. The van der Waals surface area contributed by atoms with E-state index in [0.29, 0.717) is 11.3 Å². The first kappa shape index (κ1) is 15.4. The molecule has 22 heavy (non-hydrogen) atoms. The topological polar surface area (TPSA) is 101 Å². The van der Waals surface area contributed by atoms with Gasteiger partial charge in [-0.2, -0.15) is 0 Å². The number of furan rings is 1. The van der Waals surface area contributed by atoms with Gasteiger partial charge in [0, 0.05) is 5.56 Å². The van der Waals surface area contributed by atoms with Crippen LogP contribution >= 0.6 is 0 Å². The Morgan fingerprint density at radius 1 is 1.32 bits per heavy atom. The third kappa shape index (κ3) is 3.17. The highest BCUT2D eigenvalue weighted by Gasteiger charge is 2.20. The Kier molecular flexibility index (Phi) is 4.62. The Balaban J connectivity index is 2.20. The SMILES string of the molecule is COC(=O)c1occc1COc1ccc(OC)cc1[N+](=O)[O-]. The number of rotatable bonds is 6. The molecule has 8 nitrogen and oxygen atoms in total. The van der Waals surface area contributed by atoms with Crippen molar-refractivity contribution in [1.82, 2.24) is 0 Å². The van der Waals surface area contributed by atoms with Crippen LogP contribution in [0.5, 0.6) is 11.5 Å². The molecule has 2 rings (SSSR count). The molecule has 0 fully saturated rings. The van der Waals surface area contributed by atoms with Gasteiger partial charge in [-0.05, 0) is 18.2 Å². The maximum absolute atomic E-state index is 11.5. The molecule has 0 radical (unpaired) electrons. The van der Waals surface area contributed by atoms with Crippen molar-refractivity contribution in [3.05, 3.63) is 52.0 Å². The number of nitro benzene ring substituents is 1. The lowest BCUT2D eigenvalue weighted by Crippen LogP contribution is -2.06. The molecule has 0 bridgehead atoms. The first-order valence-corrected chi connectivity index (χ1v) is 6.16. The van der Waals surface area contributed by atoms with E-state index in [-0.39, 0.29) is 23.8 Å². The number of nitrogens with zero attached hydrogens (tertiary/aromatic N) is 1. The second-order valence-electron chi connectivity index (χ2n) is 4.15. The molecule has 2 aromatic rings. The highest BCUT2D eigenvalue weighted by atomic mass is 16.6. The smallest absolute Gasteiger partial charge is 0.374 e. The van der Waals surface area contributed by atoms with Crippen LogP contribution in [0.4, 0.5) is 5.69 Å². The molecular weight excluding hydrogens is 294 g/mol. The normalized spacial score (nSPS) is 10.1. The first-order valence-electron chi connectivity index (χ1n) is 6.16. The van der Waals surface area contributed by atoms with Gasteiger partial charge in [0.15, 0.2) is 5.75 Å². The summed E-state index contributed by atoms with van der Waals surface area (Å²) in [7, 11) is 2.64. The van der Waals surface area contributed by atoms with Crippen LogP contribution in [0.1, 0.15) is 16.1 Å². The predicted molar refractivity (Wildman–Crippen MR) is 74.0 cm³/mol. The number of esters is 1. The lowest BCUT2D eigenvalue weighted by atomic mass is 10.2. The fraction of sp³-hybridized carbons (Fsp3) is 0.214. The van der Waals surface area contributed by atoms with Crippen LogP contribution < -0.4 is 9.47 Å². The second kappa shape index (κ2) is 6.61. The summed E-state index contributed by atoms with van der Waals surface area (Å²) in [4.78, 5) is 21.9. The predicted octanol–water partition coefficient (Wildman–Crippen LogP) is 2.56. The van der Waals surface area contributed by atoms with Gasteiger partial charge in [0.25, 0.3) is 0 Å². The Bertz CT molecular complexity index is 692. The second-order valence-corrected chi connectivity index (χ2v) is 4.15. The maximum Gasteiger partial charge on any atom is 0.374 e. The van der Waals surface area contributed by atoms with Gasteiger partial charge in [0.2, 0.25) is 5.76 Å². The van der Waals surface area contributed by atoms with Gasteiger partial charge >= 0.3 is 11.7 Å². The van der Waals surface area contributed by atoms with Crippen molar-refractivity contribution in [3.63, 3.8) is 0 Å². The molecule has 0 aliphatic carbocycles. The number of hydrogen-bond acceptors (Lipinski definition) is 7. The van der Waals surface area contributed by atoms with Gasteiger partial charge in [0.1, 0.15) is 12.4 Å². The molecule has 0 spiro atoms. The summed E-state index contributed by atoms with van der Waals surface area (Å²) in [6.45, 7) is -0.0753. The van der Waals surface area contributed by atoms with E-state index in [1.54, 1.807) is 6.07 Å². The lowest BCUT2D eigenvalue weighted by molar-refractivity contribution is -0.386. The third-order valence-corrected chi connectivity index (χ3v) is 2.86. The number of benzene rings is 1. The molecule has 0 amide bonds. The van der Waals surface area contributed by atoms with E-state index < -0.39 is 10.9 Å². The summed E-state index contributed by atoms with van der Waals surface area (Å²) in [5.41, 5.74) is 0.194. The van der Waals surface area contributed by atoms with Crippen LogP contribution in [0.2, 0.25) is 0 Å². The van der Waals surface area contributed by atoms with Crippen molar-refractivity contribution in [2.45, 2.75) is 6.61 Å². The minimum atomic E-state index is -0.646. The van der Waals surface area contributed by atoms with E-state index >= 15 is 0 Å². The largest absolute Gasteiger partial charge is 0.496 e. The quantitative estimate of drug-likeness (QED) is 0.459. The first-order chi connectivity index (χ1) is 10.6. The van der Waals surface area contributed by atoms with Crippen molar-refractivity contribution in [1.29, 1.82) is 0 Å². The van der Waals surface area contributed by atoms with Crippen LogP contribution in [0, 0.1) is 10.1 Å². The van der Waals surface area contributed by atoms with E-state index in [1.807, 2.05) is 0 Å². The number of carbonyl (C=O) groups is 1. The summed E-state index contributed by atoms with van der Waals surface area (Å²) in [6, 6.07) is 5.75. The molecule has 0 aliphatic heterocycles. The molecule has 116 valence electrons. The van der Waals surface area contributed by atoms with Gasteiger partial charge in [-0.3, -0.25) is 10.1 Å². The zero-order valence-corrected chi connectivity index (χ0v) is 11.9. The summed E-state index contributed by atoms with van der Waals surface area (Å²) >= 11 is 0. The van der Waals surface area contributed by atoms with Crippen LogP contribution in [-0.4, -0.2) is 25.1 Å². The molecular formula is C14H13NO7. The highest BCUT2D eigenvalue weighted by Crippen LogP contribution is 2.31. The monoisotopic (exact) mass is 307 g/mol. The molecule has 0 N–H and O–H groups in total. The van der Waals surface area contributed by atoms with E-state index in [1.165, 1.54) is 38.7 Å². The van der Waals surface area contributed by atoms with Crippen LogP contribution in [0.25, 0.3) is 0 Å². The molecule has 8 heteroatoms. The number of carbonyl (C=O) groups excluding carboxylic acids is 1. The fourth-order valence-corrected chi connectivity index (χ4v) is 1.77. The molecule has 0 aliphatic rings. The van der Waals surface area contributed by atoms with Crippen LogP contribution in [0.3, 0.4) is 0 Å². The van der Waals surface area contributed by atoms with E-state index in [9.17, 15) is 14.9 Å². The molecule has 0 unspecified atom stereocenters. The Morgan fingerprint density at radius 2 is 2.09 bits per heavy atom. The third-order valence-electron chi connectivity index (χ3n) is 2.86. The number of hydrogen-bond donors (Lipinski definition) is 0. The van der Waals surface area contributed by atoms with Crippen LogP contribution in [-0.2, 0) is 11.3 Å². The standard InChI is InChI=1S/C14H13NO7/c1-19-10-3-4-12(11(7-10)15(17)18)22-8-9-5-6-21-13(9)14(16)20-2/h3-7H,8H2,1-2H3. The van der Waals surface area contributed by atoms with E-state index in [0.717, 1.165) is 0 Å². The van der Waals surface area contributed by atoms with Crippen molar-refractivity contribution in [2.75, 3.05) is 14.2 Å². The van der Waals surface area contributed by atoms with Gasteiger partial charge in [-0.15, -0.1) is 0 Å². The average Bonchev–Trinajstić information content (AvgIpc) is 3.00. The molecule has 0 saturated carbocycles. The molecule has 1 aromatic heterocycles. The number of ether oxygens (including phenoxy) is 3. The van der Waals surface area contributed by atoms with Crippen molar-refractivity contribution in [2.24, 2.45) is 0 Å². The van der Waals surface area contributed by atoms with Crippen molar-refractivity contribution in [3.8, 4) is 11.5 Å². The molecule has 1 aromatic carbocycles. The zero-order valence-electron chi connectivity index (χ0n) is 11.9. The van der Waals surface area contributed by atoms with Crippen molar-refractivity contribution < 1.29 is 28.3 Å². The minimum absolute atomic E-state index is 0.00124. The molecule has 1 heterocycles. The lowest BCUT2D eigenvalue weighted by Gasteiger charge is -2.07. The maximum atomic E-state index is 11.5.